The Morgan fingerprint density at radius 2 is 1.90 bits per heavy atom. The molecule has 0 aromatic heterocycles. The van der Waals surface area contributed by atoms with E-state index in [0.717, 1.165) is 25.4 Å². The van der Waals surface area contributed by atoms with Gasteiger partial charge in [-0.3, -0.25) is 0 Å². The summed E-state index contributed by atoms with van der Waals surface area (Å²) in [6.07, 6.45) is 1.20. The van der Waals surface area contributed by atoms with Crippen molar-refractivity contribution in [1.29, 1.82) is 0 Å². The molecule has 1 N–H and O–H groups in total. The van der Waals surface area contributed by atoms with E-state index in [1.165, 1.54) is 12.0 Å². The molecule has 0 bridgehead atoms. The van der Waals surface area contributed by atoms with Gasteiger partial charge in [0.25, 0.3) is 0 Å². The molecule has 1 aromatic carbocycles. The molecule has 0 amide bonds. The van der Waals surface area contributed by atoms with E-state index in [4.69, 9.17) is 4.74 Å². The normalized spacial score (nSPS) is 19.4. The summed E-state index contributed by atoms with van der Waals surface area (Å²) in [4.78, 5) is 0. The van der Waals surface area contributed by atoms with Crippen molar-refractivity contribution < 1.29 is 4.74 Å². The fourth-order valence-electron chi connectivity index (χ4n) is 3.06. The van der Waals surface area contributed by atoms with Gasteiger partial charge in [0.05, 0.1) is 6.61 Å². The first-order valence-electron chi connectivity index (χ1n) is 8.30. The molecule has 2 nitrogen and oxygen atoms in total. The Morgan fingerprint density at radius 1 is 1.19 bits per heavy atom. The zero-order valence-corrected chi connectivity index (χ0v) is 14.3. The van der Waals surface area contributed by atoms with Crippen molar-refractivity contribution in [3.8, 4) is 5.75 Å². The molecule has 1 heterocycles. The zero-order valence-electron chi connectivity index (χ0n) is 14.3. The third-order valence-electron chi connectivity index (χ3n) is 4.54. The van der Waals surface area contributed by atoms with Crippen LogP contribution in [0.5, 0.6) is 5.75 Å². The van der Waals surface area contributed by atoms with Gasteiger partial charge in [-0.05, 0) is 42.8 Å². The van der Waals surface area contributed by atoms with E-state index in [1.807, 2.05) is 0 Å². The van der Waals surface area contributed by atoms with Crippen LogP contribution in [0.2, 0.25) is 0 Å². The molecule has 2 atom stereocenters. The molecule has 2 heteroatoms. The topological polar surface area (TPSA) is 21.3 Å². The molecule has 1 aromatic rings. The van der Waals surface area contributed by atoms with Crippen LogP contribution in [-0.2, 0) is 0 Å². The molecule has 1 aliphatic heterocycles. The van der Waals surface area contributed by atoms with Gasteiger partial charge in [-0.1, -0.05) is 52.8 Å². The molecule has 118 valence electrons. The van der Waals surface area contributed by atoms with Crippen LogP contribution in [0.25, 0.3) is 0 Å². The van der Waals surface area contributed by atoms with Gasteiger partial charge in [-0.2, -0.15) is 0 Å². The van der Waals surface area contributed by atoms with Crippen molar-refractivity contribution in [2.75, 3.05) is 19.7 Å². The van der Waals surface area contributed by atoms with Gasteiger partial charge in [0.15, 0.2) is 0 Å². The fourth-order valence-corrected chi connectivity index (χ4v) is 3.06. The van der Waals surface area contributed by atoms with Gasteiger partial charge >= 0.3 is 0 Å². The maximum Gasteiger partial charge on any atom is 0.122 e. The minimum atomic E-state index is 0.321. The molecular weight excluding hydrogens is 258 g/mol. The summed E-state index contributed by atoms with van der Waals surface area (Å²) in [5.41, 5.74) is 1.72. The van der Waals surface area contributed by atoms with Crippen molar-refractivity contribution >= 4 is 0 Å². The Bertz CT molecular complexity index is 447. The highest BCUT2D eigenvalue weighted by Crippen LogP contribution is 2.41. The lowest BCUT2D eigenvalue weighted by Gasteiger charge is -2.33. The Kier molecular flexibility index (Phi) is 5.32. The molecule has 1 aliphatic rings. The number of hydrogen-bond donors (Lipinski definition) is 1. The van der Waals surface area contributed by atoms with Crippen LogP contribution in [0.1, 0.15) is 52.5 Å². The summed E-state index contributed by atoms with van der Waals surface area (Å²) in [7, 11) is 0. The lowest BCUT2D eigenvalue weighted by molar-refractivity contribution is 0.194. The van der Waals surface area contributed by atoms with Crippen LogP contribution in [0.4, 0.5) is 0 Å². The van der Waals surface area contributed by atoms with Gasteiger partial charge in [0, 0.05) is 11.5 Å². The van der Waals surface area contributed by atoms with Gasteiger partial charge in [-0.15, -0.1) is 0 Å². The predicted molar refractivity (Wildman–Crippen MR) is 89.9 cm³/mol. The summed E-state index contributed by atoms with van der Waals surface area (Å²) < 4.78 is 5.85. The number of benzene rings is 1. The van der Waals surface area contributed by atoms with Gasteiger partial charge < -0.3 is 10.1 Å². The highest BCUT2D eigenvalue weighted by molar-refractivity contribution is 5.39. The second-order valence-corrected chi connectivity index (χ2v) is 7.90. The predicted octanol–water partition coefficient (Wildman–Crippen LogP) is 4.46. The van der Waals surface area contributed by atoms with Gasteiger partial charge in [0.1, 0.15) is 5.75 Å². The highest BCUT2D eigenvalue weighted by atomic mass is 16.5. The highest BCUT2D eigenvalue weighted by Gasteiger charge is 2.31. The molecule has 0 radical (unpaired) electrons. The van der Waals surface area contributed by atoms with Crippen LogP contribution in [0.15, 0.2) is 24.3 Å². The van der Waals surface area contributed by atoms with E-state index >= 15 is 0 Å². The maximum absolute atomic E-state index is 5.85. The quantitative estimate of drug-likeness (QED) is 0.835. The third kappa shape index (κ3) is 4.47. The second kappa shape index (κ2) is 6.83. The van der Waals surface area contributed by atoms with E-state index in [9.17, 15) is 0 Å². The number of fused-ring (bicyclic) bond motifs is 1. The number of ether oxygens (including phenoxy) is 1. The molecule has 21 heavy (non-hydrogen) atoms. The lowest BCUT2D eigenvalue weighted by Crippen LogP contribution is -2.34. The molecule has 2 unspecified atom stereocenters. The van der Waals surface area contributed by atoms with E-state index in [0.29, 0.717) is 23.2 Å². The summed E-state index contributed by atoms with van der Waals surface area (Å²) >= 11 is 0. The van der Waals surface area contributed by atoms with Crippen LogP contribution < -0.4 is 10.1 Å². The Labute approximate surface area is 130 Å². The van der Waals surface area contributed by atoms with E-state index in [-0.39, 0.29) is 0 Å². The van der Waals surface area contributed by atoms with Crippen molar-refractivity contribution in [3.63, 3.8) is 0 Å². The van der Waals surface area contributed by atoms with E-state index in [2.05, 4.69) is 64.2 Å². The van der Waals surface area contributed by atoms with Crippen LogP contribution in [0.3, 0.4) is 0 Å². The smallest absolute Gasteiger partial charge is 0.122 e. The van der Waals surface area contributed by atoms with Crippen LogP contribution >= 0.6 is 0 Å². The largest absolute Gasteiger partial charge is 0.493 e. The minimum Gasteiger partial charge on any atom is -0.493 e. The van der Waals surface area contributed by atoms with E-state index in [1.54, 1.807) is 0 Å². The number of para-hydroxylation sites is 1. The third-order valence-corrected chi connectivity index (χ3v) is 4.54. The Balaban J connectivity index is 1.99. The average Bonchev–Trinajstić information content (AvgIpc) is 2.79. The molecule has 0 aliphatic carbocycles. The first-order chi connectivity index (χ1) is 9.88. The summed E-state index contributed by atoms with van der Waals surface area (Å²) in [6, 6.07) is 8.52. The zero-order chi connectivity index (χ0) is 15.5. The Hall–Kier alpha value is -1.02. The lowest BCUT2D eigenvalue weighted by atomic mass is 9.75. The molecule has 2 rings (SSSR count). The molecule has 0 saturated carbocycles. The van der Waals surface area contributed by atoms with Crippen LogP contribution in [-0.4, -0.2) is 19.7 Å². The summed E-state index contributed by atoms with van der Waals surface area (Å²) in [5.74, 6) is 3.01. The van der Waals surface area contributed by atoms with Gasteiger partial charge in [-0.25, -0.2) is 0 Å². The van der Waals surface area contributed by atoms with Crippen molar-refractivity contribution in [1.82, 2.24) is 5.32 Å². The molecular formula is C19H31NO. The average molecular weight is 289 g/mol. The SMILES string of the molecule is CC(C)CNCC(CC1COc2ccccc21)C(C)(C)C. The number of rotatable bonds is 6. The maximum atomic E-state index is 5.85. The monoisotopic (exact) mass is 289 g/mol. The van der Waals surface area contributed by atoms with Crippen molar-refractivity contribution in [2.24, 2.45) is 17.3 Å². The van der Waals surface area contributed by atoms with Crippen molar-refractivity contribution in [3.05, 3.63) is 29.8 Å². The molecule has 0 spiro atoms. The second-order valence-electron chi connectivity index (χ2n) is 7.90. The first kappa shape index (κ1) is 16.4. The number of hydrogen-bond acceptors (Lipinski definition) is 2. The van der Waals surface area contributed by atoms with E-state index < -0.39 is 0 Å². The Morgan fingerprint density at radius 3 is 2.57 bits per heavy atom. The fraction of sp³-hybridized carbons (Fsp3) is 0.684. The summed E-state index contributed by atoms with van der Waals surface area (Å²) in [5, 5.41) is 3.65. The molecule has 0 fully saturated rings. The number of nitrogens with one attached hydrogen (secondary N) is 1. The van der Waals surface area contributed by atoms with Gasteiger partial charge in [0.2, 0.25) is 0 Å². The van der Waals surface area contributed by atoms with Crippen molar-refractivity contribution in [2.45, 2.75) is 47.0 Å². The minimum absolute atomic E-state index is 0.321. The first-order valence-corrected chi connectivity index (χ1v) is 8.30. The standard InChI is InChI=1S/C19H31NO/c1-14(2)11-20-12-16(19(3,4)5)10-15-13-21-18-9-7-6-8-17(15)18/h6-9,14-16,20H,10-13H2,1-5H3. The molecule has 0 saturated heterocycles. The summed E-state index contributed by atoms with van der Waals surface area (Å²) in [6.45, 7) is 14.6. The van der Waals surface area contributed by atoms with Crippen LogP contribution in [0, 0.1) is 17.3 Å².